The van der Waals surface area contributed by atoms with Crippen LogP contribution in [0, 0.1) is 0 Å². The zero-order valence-corrected chi connectivity index (χ0v) is 12.6. The molecule has 0 unspecified atom stereocenters. The van der Waals surface area contributed by atoms with E-state index in [1.54, 1.807) is 0 Å². The van der Waals surface area contributed by atoms with Gasteiger partial charge in [-0.1, -0.05) is 42.1 Å². The lowest BCUT2D eigenvalue weighted by atomic mass is 10.2. The van der Waals surface area contributed by atoms with E-state index in [1.807, 2.05) is 11.8 Å². The van der Waals surface area contributed by atoms with Crippen LogP contribution in [0.25, 0.3) is 5.03 Å². The number of nitrogens with zero attached hydrogens (tertiary/aromatic N) is 2. The van der Waals surface area contributed by atoms with Gasteiger partial charge in [0.05, 0.1) is 16.1 Å². The Bertz CT molecular complexity index is 779. The maximum atomic E-state index is 4.86. The summed E-state index contributed by atoms with van der Waals surface area (Å²) in [5, 5.41) is 7.08. The van der Waals surface area contributed by atoms with Crippen LogP contribution in [0.4, 0.5) is 5.69 Å². The van der Waals surface area contributed by atoms with Gasteiger partial charge in [0.1, 0.15) is 0 Å². The SMILES string of the molecule is c1ccc2c(c1)N=c1ccccc1=C(N1CCNCC1)S2. The number of fused-ring (bicyclic) bond motifs is 2. The number of para-hydroxylation sites is 2. The van der Waals surface area contributed by atoms with E-state index >= 15 is 0 Å². The summed E-state index contributed by atoms with van der Waals surface area (Å²) in [5.74, 6) is 0. The minimum atomic E-state index is 1.05. The number of hydrogen-bond donors (Lipinski definition) is 1. The summed E-state index contributed by atoms with van der Waals surface area (Å²) >= 11 is 1.85. The molecule has 106 valence electrons. The largest absolute Gasteiger partial charge is 0.363 e. The summed E-state index contributed by atoms with van der Waals surface area (Å²) in [6, 6.07) is 16.9. The third-order valence-electron chi connectivity index (χ3n) is 3.85. The van der Waals surface area contributed by atoms with Crippen LogP contribution in [-0.4, -0.2) is 31.1 Å². The molecule has 2 aliphatic rings. The van der Waals surface area contributed by atoms with E-state index in [2.05, 4.69) is 58.7 Å². The second-order valence-corrected chi connectivity index (χ2v) is 6.27. The Morgan fingerprint density at radius 2 is 1.71 bits per heavy atom. The summed E-state index contributed by atoms with van der Waals surface area (Å²) in [6.45, 7) is 4.20. The third kappa shape index (κ3) is 2.45. The normalized spacial score (nSPS) is 17.5. The van der Waals surface area contributed by atoms with Crippen molar-refractivity contribution in [1.82, 2.24) is 10.2 Å². The van der Waals surface area contributed by atoms with Crippen molar-refractivity contribution >= 4 is 22.5 Å². The fourth-order valence-corrected chi connectivity index (χ4v) is 3.95. The van der Waals surface area contributed by atoms with Crippen LogP contribution in [0.15, 0.2) is 58.4 Å². The molecule has 4 rings (SSSR count). The lowest BCUT2D eigenvalue weighted by Crippen LogP contribution is -2.44. The highest BCUT2D eigenvalue weighted by atomic mass is 32.2. The highest BCUT2D eigenvalue weighted by molar-refractivity contribution is 8.08. The van der Waals surface area contributed by atoms with Crippen molar-refractivity contribution in [3.05, 3.63) is 59.1 Å². The second-order valence-electron chi connectivity index (χ2n) is 5.24. The predicted octanol–water partition coefficient (Wildman–Crippen LogP) is 1.71. The van der Waals surface area contributed by atoms with Crippen LogP contribution >= 0.6 is 11.8 Å². The summed E-state index contributed by atoms with van der Waals surface area (Å²) in [7, 11) is 0. The Hall–Kier alpha value is -1.78. The molecule has 4 heteroatoms. The van der Waals surface area contributed by atoms with Crippen molar-refractivity contribution in [2.45, 2.75) is 4.90 Å². The fraction of sp³-hybridized carbons (Fsp3) is 0.235. The Labute approximate surface area is 128 Å². The Kier molecular flexibility index (Phi) is 3.41. The standard InChI is InChI=1S/C17H17N3S/c1-2-6-14-13(5-1)17(20-11-9-18-10-12-20)21-16-8-4-3-7-15(16)19-14/h1-8,18H,9-12H2. The van der Waals surface area contributed by atoms with E-state index < -0.39 is 0 Å². The van der Waals surface area contributed by atoms with Gasteiger partial charge in [-0.05, 0) is 18.2 Å². The van der Waals surface area contributed by atoms with Crippen molar-refractivity contribution in [2.24, 2.45) is 4.99 Å². The topological polar surface area (TPSA) is 27.6 Å². The van der Waals surface area contributed by atoms with Gasteiger partial charge in [0.15, 0.2) is 0 Å². The molecule has 2 aromatic rings. The average Bonchev–Trinajstić information content (AvgIpc) is 2.72. The fourth-order valence-electron chi connectivity index (χ4n) is 2.78. The summed E-state index contributed by atoms with van der Waals surface area (Å²) in [6.07, 6.45) is 0. The van der Waals surface area contributed by atoms with Crippen LogP contribution in [0.3, 0.4) is 0 Å². The monoisotopic (exact) mass is 295 g/mol. The zero-order valence-electron chi connectivity index (χ0n) is 11.7. The molecule has 0 aromatic heterocycles. The quantitative estimate of drug-likeness (QED) is 0.868. The Balaban J connectivity index is 1.94. The minimum Gasteiger partial charge on any atom is -0.363 e. The van der Waals surface area contributed by atoms with Gasteiger partial charge >= 0.3 is 0 Å². The maximum absolute atomic E-state index is 4.86. The van der Waals surface area contributed by atoms with E-state index in [-0.39, 0.29) is 0 Å². The van der Waals surface area contributed by atoms with E-state index in [9.17, 15) is 0 Å². The van der Waals surface area contributed by atoms with Crippen LogP contribution in [0.1, 0.15) is 0 Å². The molecule has 0 atom stereocenters. The third-order valence-corrected chi connectivity index (χ3v) is 5.09. The molecule has 0 amide bonds. The van der Waals surface area contributed by atoms with E-state index in [1.165, 1.54) is 15.1 Å². The molecule has 0 radical (unpaired) electrons. The number of benzene rings is 2. The summed E-state index contributed by atoms with van der Waals surface area (Å²) in [5.41, 5.74) is 1.07. The lowest BCUT2D eigenvalue weighted by Gasteiger charge is -2.31. The van der Waals surface area contributed by atoms with E-state index in [0.717, 1.165) is 37.2 Å². The highest BCUT2D eigenvalue weighted by Crippen LogP contribution is 2.36. The number of nitrogens with one attached hydrogen (secondary N) is 1. The molecule has 0 bridgehead atoms. The first kappa shape index (κ1) is 12.9. The van der Waals surface area contributed by atoms with Crippen molar-refractivity contribution in [1.29, 1.82) is 0 Å². The first-order chi connectivity index (χ1) is 10.4. The Morgan fingerprint density at radius 1 is 0.952 bits per heavy atom. The molecule has 3 nitrogen and oxygen atoms in total. The lowest BCUT2D eigenvalue weighted by molar-refractivity contribution is 0.346. The molecule has 2 heterocycles. The zero-order chi connectivity index (χ0) is 14.1. The van der Waals surface area contributed by atoms with Crippen molar-refractivity contribution in [3.8, 4) is 0 Å². The van der Waals surface area contributed by atoms with Gasteiger partial charge in [0.2, 0.25) is 0 Å². The second kappa shape index (κ2) is 5.54. The predicted molar refractivity (Wildman–Crippen MR) is 87.0 cm³/mol. The molecule has 21 heavy (non-hydrogen) atoms. The molecule has 2 aliphatic heterocycles. The molecular weight excluding hydrogens is 278 g/mol. The molecule has 1 N–H and O–H groups in total. The minimum absolute atomic E-state index is 1.05. The van der Waals surface area contributed by atoms with Gasteiger partial charge in [0, 0.05) is 36.3 Å². The number of rotatable bonds is 1. The number of hydrogen-bond acceptors (Lipinski definition) is 4. The summed E-state index contributed by atoms with van der Waals surface area (Å²) in [4.78, 5) is 8.59. The van der Waals surface area contributed by atoms with Crippen molar-refractivity contribution < 1.29 is 0 Å². The molecule has 0 spiro atoms. The molecule has 0 saturated carbocycles. The molecule has 1 saturated heterocycles. The smallest absolute Gasteiger partial charge is 0.0853 e. The van der Waals surface area contributed by atoms with Crippen LogP contribution in [-0.2, 0) is 0 Å². The first-order valence-electron chi connectivity index (χ1n) is 7.32. The molecular formula is C17H17N3S. The highest BCUT2D eigenvalue weighted by Gasteiger charge is 2.18. The van der Waals surface area contributed by atoms with Gasteiger partial charge in [-0.15, -0.1) is 0 Å². The van der Waals surface area contributed by atoms with Gasteiger partial charge in [-0.25, -0.2) is 4.99 Å². The number of thioether (sulfide) groups is 1. The molecule has 0 aliphatic carbocycles. The molecule has 2 aromatic carbocycles. The van der Waals surface area contributed by atoms with Crippen molar-refractivity contribution in [3.63, 3.8) is 0 Å². The van der Waals surface area contributed by atoms with E-state index in [0.29, 0.717) is 0 Å². The van der Waals surface area contributed by atoms with Gasteiger partial charge < -0.3 is 10.2 Å². The summed E-state index contributed by atoms with van der Waals surface area (Å²) < 4.78 is 0. The van der Waals surface area contributed by atoms with Crippen LogP contribution in [0.5, 0.6) is 0 Å². The number of piperazine rings is 1. The Morgan fingerprint density at radius 3 is 2.62 bits per heavy atom. The first-order valence-corrected chi connectivity index (χ1v) is 8.14. The molecule has 1 fully saturated rings. The van der Waals surface area contributed by atoms with Gasteiger partial charge in [0.25, 0.3) is 0 Å². The van der Waals surface area contributed by atoms with Crippen LogP contribution in [0.2, 0.25) is 0 Å². The van der Waals surface area contributed by atoms with Crippen LogP contribution < -0.4 is 15.9 Å². The maximum Gasteiger partial charge on any atom is 0.0853 e. The van der Waals surface area contributed by atoms with Gasteiger partial charge in [-0.2, -0.15) is 0 Å². The van der Waals surface area contributed by atoms with Crippen molar-refractivity contribution in [2.75, 3.05) is 26.2 Å². The van der Waals surface area contributed by atoms with E-state index in [4.69, 9.17) is 4.99 Å². The van der Waals surface area contributed by atoms with Gasteiger partial charge in [-0.3, -0.25) is 0 Å². The average molecular weight is 295 g/mol.